The Balaban J connectivity index is 1.60. The van der Waals surface area contributed by atoms with E-state index in [4.69, 9.17) is 20.8 Å². The third-order valence-electron chi connectivity index (χ3n) is 4.43. The second-order valence-corrected chi connectivity index (χ2v) is 6.81. The van der Waals surface area contributed by atoms with Crippen LogP contribution in [-0.4, -0.2) is 31.1 Å². The second-order valence-electron chi connectivity index (χ2n) is 6.81. The summed E-state index contributed by atoms with van der Waals surface area (Å²) in [5.74, 6) is -0.787. The van der Waals surface area contributed by atoms with Gasteiger partial charge in [0.25, 0.3) is 0 Å². The Morgan fingerprint density at radius 3 is 1.97 bits per heavy atom. The smallest absolute Gasteiger partial charge is 0.330 e. The molecule has 0 amide bonds. The molecule has 0 aliphatic heterocycles. The molecule has 0 bridgehead atoms. The monoisotopic (exact) mass is 435 g/mol. The number of ether oxygens (including phenoxy) is 3. The SMILES string of the molecule is [C-]#[N+]c1ccc(-c2ccc(OC(=O)CCCCCC(=O)OCCOC(=O)C=C)cc2)cc1. The van der Waals surface area contributed by atoms with Gasteiger partial charge in [-0.25, -0.2) is 9.64 Å². The van der Waals surface area contributed by atoms with Crippen molar-refractivity contribution in [2.24, 2.45) is 0 Å². The molecule has 166 valence electrons. The molecule has 0 radical (unpaired) electrons. The first kappa shape index (κ1) is 24.4. The average Bonchev–Trinajstić information content (AvgIpc) is 2.82. The maximum absolute atomic E-state index is 12.0. The fourth-order valence-corrected chi connectivity index (χ4v) is 2.77. The highest BCUT2D eigenvalue weighted by atomic mass is 16.6. The number of rotatable bonds is 12. The summed E-state index contributed by atoms with van der Waals surface area (Å²) < 4.78 is 15.0. The van der Waals surface area contributed by atoms with E-state index in [9.17, 15) is 14.4 Å². The lowest BCUT2D eigenvalue weighted by atomic mass is 10.1. The molecule has 7 heteroatoms. The van der Waals surface area contributed by atoms with Gasteiger partial charge in [-0.05, 0) is 36.1 Å². The minimum absolute atomic E-state index is 0.00207. The Hall–Kier alpha value is -3.92. The van der Waals surface area contributed by atoms with Crippen LogP contribution in [0.4, 0.5) is 5.69 Å². The molecular formula is C25H25NO6. The van der Waals surface area contributed by atoms with Gasteiger partial charge in [-0.15, -0.1) is 0 Å². The van der Waals surface area contributed by atoms with Gasteiger partial charge in [0.1, 0.15) is 19.0 Å². The molecule has 0 saturated heterocycles. The Bertz CT molecular complexity index is 957. The Morgan fingerprint density at radius 1 is 0.812 bits per heavy atom. The fourth-order valence-electron chi connectivity index (χ4n) is 2.77. The van der Waals surface area contributed by atoms with Gasteiger partial charge in [0.05, 0.1) is 6.57 Å². The minimum Gasteiger partial charge on any atom is -0.462 e. The summed E-state index contributed by atoms with van der Waals surface area (Å²) >= 11 is 0. The van der Waals surface area contributed by atoms with Crippen LogP contribution in [0.5, 0.6) is 5.75 Å². The predicted molar refractivity (Wildman–Crippen MR) is 119 cm³/mol. The first-order valence-electron chi connectivity index (χ1n) is 10.3. The van der Waals surface area contributed by atoms with Crippen LogP contribution in [0.25, 0.3) is 16.0 Å². The van der Waals surface area contributed by atoms with E-state index in [1.165, 1.54) is 0 Å². The molecule has 0 heterocycles. The summed E-state index contributed by atoms with van der Waals surface area (Å²) in [6, 6.07) is 14.5. The third kappa shape index (κ3) is 8.84. The largest absolute Gasteiger partial charge is 0.462 e. The quantitative estimate of drug-likeness (QED) is 0.153. The van der Waals surface area contributed by atoms with Gasteiger partial charge >= 0.3 is 17.9 Å². The van der Waals surface area contributed by atoms with Crippen LogP contribution in [0, 0.1) is 6.57 Å². The van der Waals surface area contributed by atoms with E-state index in [0.29, 0.717) is 30.7 Å². The highest BCUT2D eigenvalue weighted by molar-refractivity contribution is 5.81. The molecule has 32 heavy (non-hydrogen) atoms. The van der Waals surface area contributed by atoms with Crippen molar-refractivity contribution in [3.63, 3.8) is 0 Å². The number of esters is 3. The van der Waals surface area contributed by atoms with E-state index >= 15 is 0 Å². The summed E-state index contributed by atoms with van der Waals surface area (Å²) in [6.45, 7) is 10.3. The minimum atomic E-state index is -0.559. The van der Waals surface area contributed by atoms with Gasteiger partial charge in [-0.1, -0.05) is 49.4 Å². The highest BCUT2D eigenvalue weighted by Crippen LogP contribution is 2.25. The summed E-state index contributed by atoms with van der Waals surface area (Å²) in [4.78, 5) is 37.8. The molecule has 0 saturated carbocycles. The van der Waals surface area contributed by atoms with Crippen LogP contribution in [0.15, 0.2) is 61.2 Å². The van der Waals surface area contributed by atoms with Crippen molar-refractivity contribution in [1.29, 1.82) is 0 Å². The first-order chi connectivity index (χ1) is 15.5. The first-order valence-corrected chi connectivity index (χ1v) is 10.3. The lowest BCUT2D eigenvalue weighted by Gasteiger charge is -2.07. The van der Waals surface area contributed by atoms with E-state index in [-0.39, 0.29) is 38.0 Å². The predicted octanol–water partition coefficient (Wildman–Crippen LogP) is 5.03. The van der Waals surface area contributed by atoms with E-state index in [0.717, 1.165) is 17.2 Å². The van der Waals surface area contributed by atoms with Crippen LogP contribution in [0.2, 0.25) is 0 Å². The van der Waals surface area contributed by atoms with Gasteiger partial charge in [-0.3, -0.25) is 9.59 Å². The van der Waals surface area contributed by atoms with Gasteiger partial charge < -0.3 is 14.2 Å². The molecular weight excluding hydrogens is 410 g/mol. The normalized spacial score (nSPS) is 9.97. The molecule has 0 unspecified atom stereocenters. The number of carbonyl (C=O) groups is 3. The number of hydrogen-bond donors (Lipinski definition) is 0. The van der Waals surface area contributed by atoms with Crippen LogP contribution >= 0.6 is 0 Å². The Labute approximate surface area is 187 Å². The van der Waals surface area contributed by atoms with E-state index in [1.807, 2.05) is 24.3 Å². The lowest BCUT2D eigenvalue weighted by molar-refractivity contribution is -0.149. The van der Waals surface area contributed by atoms with E-state index < -0.39 is 5.97 Å². The average molecular weight is 435 g/mol. The number of carbonyl (C=O) groups excluding carboxylic acids is 3. The molecule has 0 N–H and O–H groups in total. The molecule has 2 aromatic rings. The molecule has 0 atom stereocenters. The second kappa shape index (κ2) is 13.4. The van der Waals surface area contributed by atoms with Crippen molar-refractivity contribution in [2.75, 3.05) is 13.2 Å². The Morgan fingerprint density at radius 2 is 1.38 bits per heavy atom. The zero-order valence-corrected chi connectivity index (χ0v) is 17.7. The molecule has 0 aliphatic carbocycles. The van der Waals surface area contributed by atoms with Crippen molar-refractivity contribution in [3.05, 3.63) is 72.6 Å². The summed E-state index contributed by atoms with van der Waals surface area (Å²) in [7, 11) is 0. The maximum atomic E-state index is 12.0. The van der Waals surface area contributed by atoms with E-state index in [1.54, 1.807) is 24.3 Å². The maximum Gasteiger partial charge on any atom is 0.330 e. The molecule has 0 aliphatic rings. The van der Waals surface area contributed by atoms with E-state index in [2.05, 4.69) is 11.4 Å². The summed E-state index contributed by atoms with van der Waals surface area (Å²) in [6.07, 6.45) is 3.43. The molecule has 0 fully saturated rings. The number of unbranched alkanes of at least 4 members (excludes halogenated alkanes) is 2. The zero-order valence-electron chi connectivity index (χ0n) is 17.7. The fraction of sp³-hybridized carbons (Fsp3) is 0.280. The van der Waals surface area contributed by atoms with Crippen molar-refractivity contribution >= 4 is 23.6 Å². The summed E-state index contributed by atoms with van der Waals surface area (Å²) in [5.41, 5.74) is 2.53. The molecule has 2 rings (SSSR count). The topological polar surface area (TPSA) is 83.3 Å². The van der Waals surface area contributed by atoms with Crippen molar-refractivity contribution in [2.45, 2.75) is 32.1 Å². The Kier molecular flexibility index (Phi) is 10.2. The van der Waals surface area contributed by atoms with Gasteiger partial charge in [0.2, 0.25) is 0 Å². The summed E-state index contributed by atoms with van der Waals surface area (Å²) in [5, 5.41) is 0. The zero-order chi connectivity index (χ0) is 23.2. The molecule has 0 spiro atoms. The van der Waals surface area contributed by atoms with Crippen LogP contribution < -0.4 is 4.74 Å². The number of nitrogens with zero attached hydrogens (tertiary/aromatic N) is 1. The lowest BCUT2D eigenvalue weighted by Crippen LogP contribution is -2.12. The van der Waals surface area contributed by atoms with Crippen LogP contribution in [-0.2, 0) is 23.9 Å². The van der Waals surface area contributed by atoms with Gasteiger partial charge in [0, 0.05) is 18.9 Å². The standard InChI is InChI=1S/C25H25NO6/c1-3-23(27)30-17-18-31-24(28)7-5-4-6-8-25(29)32-22-15-11-20(12-16-22)19-9-13-21(26-2)14-10-19/h3,9-16H,1,4-8,17-18H2. The number of benzene rings is 2. The van der Waals surface area contributed by atoms with Crippen LogP contribution in [0.1, 0.15) is 32.1 Å². The van der Waals surface area contributed by atoms with Crippen LogP contribution in [0.3, 0.4) is 0 Å². The number of hydrogen-bond acceptors (Lipinski definition) is 6. The molecule has 2 aromatic carbocycles. The van der Waals surface area contributed by atoms with Crippen molar-refractivity contribution in [3.8, 4) is 16.9 Å². The van der Waals surface area contributed by atoms with Gasteiger partial charge in [0.15, 0.2) is 5.69 Å². The highest BCUT2D eigenvalue weighted by Gasteiger charge is 2.07. The van der Waals surface area contributed by atoms with Gasteiger partial charge in [-0.2, -0.15) is 0 Å². The van der Waals surface area contributed by atoms with Crippen molar-refractivity contribution < 1.29 is 28.6 Å². The third-order valence-corrected chi connectivity index (χ3v) is 4.43. The molecule has 7 nitrogen and oxygen atoms in total. The molecule has 0 aromatic heterocycles. The van der Waals surface area contributed by atoms with Crippen molar-refractivity contribution in [1.82, 2.24) is 0 Å².